The molecule has 1 aromatic rings. The quantitative estimate of drug-likeness (QED) is 0.879. The third-order valence-corrected chi connectivity index (χ3v) is 6.71. The van der Waals surface area contributed by atoms with Crippen molar-refractivity contribution < 1.29 is 4.79 Å². The lowest BCUT2D eigenvalue weighted by Gasteiger charge is -2.23. The molecule has 0 saturated carbocycles. The molecule has 2 N–H and O–H groups in total. The second-order valence-corrected chi connectivity index (χ2v) is 8.32. The molecule has 4 nitrogen and oxygen atoms in total. The van der Waals surface area contributed by atoms with E-state index in [1.54, 1.807) is 0 Å². The van der Waals surface area contributed by atoms with Crippen LogP contribution >= 0.6 is 11.8 Å². The molecule has 24 heavy (non-hydrogen) atoms. The number of carbonyl (C=O) groups is 1. The van der Waals surface area contributed by atoms with Crippen molar-refractivity contribution in [3.8, 4) is 0 Å². The number of thioether (sulfide) groups is 1. The zero-order valence-electron chi connectivity index (χ0n) is 14.7. The molecule has 3 unspecified atom stereocenters. The largest absolute Gasteiger partial charge is 0.342 e. The number of nitrogens with one attached hydrogen (secondary N) is 2. The molecular formula is C19H29N3OS. The number of hydrazine groups is 1. The van der Waals surface area contributed by atoms with Crippen LogP contribution in [0.2, 0.25) is 0 Å². The predicted molar refractivity (Wildman–Crippen MR) is 101 cm³/mol. The lowest BCUT2D eigenvalue weighted by Crippen LogP contribution is -2.34. The minimum absolute atomic E-state index is 0.329. The molecule has 0 spiro atoms. The molecule has 2 saturated heterocycles. The van der Waals surface area contributed by atoms with E-state index in [2.05, 4.69) is 59.9 Å². The van der Waals surface area contributed by atoms with E-state index in [0.717, 1.165) is 31.7 Å². The Kier molecular flexibility index (Phi) is 6.19. The van der Waals surface area contributed by atoms with Crippen molar-refractivity contribution in [2.75, 3.05) is 18.8 Å². The Balaban J connectivity index is 1.49. The molecule has 1 amide bonds. The predicted octanol–water partition coefficient (Wildman–Crippen LogP) is 2.97. The SMILES string of the molecule is CC1NNC(C)C1CCC(=O)N1CCSC(c2ccccc2)CC1. The highest BCUT2D eigenvalue weighted by molar-refractivity contribution is 7.99. The van der Waals surface area contributed by atoms with E-state index in [-0.39, 0.29) is 0 Å². The average Bonchev–Trinajstić information content (AvgIpc) is 2.81. The summed E-state index contributed by atoms with van der Waals surface area (Å²) in [6.07, 6.45) is 2.69. The van der Waals surface area contributed by atoms with E-state index >= 15 is 0 Å². The molecule has 2 aliphatic rings. The van der Waals surface area contributed by atoms with Gasteiger partial charge >= 0.3 is 0 Å². The van der Waals surface area contributed by atoms with Crippen LogP contribution in [0.25, 0.3) is 0 Å². The van der Waals surface area contributed by atoms with Crippen LogP contribution in [0.1, 0.15) is 43.9 Å². The van der Waals surface area contributed by atoms with Crippen molar-refractivity contribution >= 4 is 17.7 Å². The number of carbonyl (C=O) groups excluding carboxylic acids is 1. The number of benzene rings is 1. The fourth-order valence-electron chi connectivity index (χ4n) is 3.81. The van der Waals surface area contributed by atoms with Crippen LogP contribution in [-0.2, 0) is 4.79 Å². The van der Waals surface area contributed by atoms with Crippen LogP contribution in [0.15, 0.2) is 30.3 Å². The summed E-state index contributed by atoms with van der Waals surface area (Å²) in [7, 11) is 0. The van der Waals surface area contributed by atoms with Crippen molar-refractivity contribution in [2.45, 2.75) is 50.4 Å². The van der Waals surface area contributed by atoms with Gasteiger partial charge in [0.05, 0.1) is 0 Å². The summed E-state index contributed by atoms with van der Waals surface area (Å²) in [5.74, 6) is 1.90. The van der Waals surface area contributed by atoms with Crippen LogP contribution in [0.5, 0.6) is 0 Å². The van der Waals surface area contributed by atoms with Gasteiger partial charge in [-0.1, -0.05) is 30.3 Å². The fraction of sp³-hybridized carbons (Fsp3) is 0.632. The van der Waals surface area contributed by atoms with Crippen molar-refractivity contribution in [1.82, 2.24) is 15.8 Å². The summed E-state index contributed by atoms with van der Waals surface area (Å²) in [4.78, 5) is 14.7. The zero-order valence-corrected chi connectivity index (χ0v) is 15.5. The minimum Gasteiger partial charge on any atom is -0.342 e. The zero-order chi connectivity index (χ0) is 16.9. The van der Waals surface area contributed by atoms with Gasteiger partial charge in [0, 0.05) is 42.6 Å². The number of hydrogen-bond donors (Lipinski definition) is 2. The van der Waals surface area contributed by atoms with Gasteiger partial charge in [-0.05, 0) is 38.2 Å². The molecule has 3 rings (SSSR count). The van der Waals surface area contributed by atoms with Gasteiger partial charge in [-0.3, -0.25) is 15.6 Å². The molecule has 0 radical (unpaired) electrons. The first-order valence-electron chi connectivity index (χ1n) is 9.10. The Labute approximate surface area is 149 Å². The molecule has 5 heteroatoms. The number of nitrogens with zero attached hydrogens (tertiary/aromatic N) is 1. The van der Waals surface area contributed by atoms with E-state index in [9.17, 15) is 4.79 Å². The second-order valence-electron chi connectivity index (χ2n) is 7.01. The van der Waals surface area contributed by atoms with Crippen molar-refractivity contribution in [2.24, 2.45) is 5.92 Å². The Morgan fingerprint density at radius 1 is 1.17 bits per heavy atom. The van der Waals surface area contributed by atoms with E-state index in [4.69, 9.17) is 0 Å². The Morgan fingerprint density at radius 3 is 2.58 bits per heavy atom. The molecule has 2 aliphatic heterocycles. The summed E-state index contributed by atoms with van der Waals surface area (Å²) < 4.78 is 0. The Hall–Kier alpha value is -1.04. The standard InChI is InChI=1S/C19H29N3OS/c1-14-17(15(2)21-20-14)8-9-19(23)22-11-10-18(24-13-12-22)16-6-4-3-5-7-16/h3-7,14-15,17-18,20-21H,8-13H2,1-2H3. The number of hydrogen-bond acceptors (Lipinski definition) is 4. The summed E-state index contributed by atoms with van der Waals surface area (Å²) in [6, 6.07) is 11.6. The van der Waals surface area contributed by atoms with E-state index in [0.29, 0.717) is 35.6 Å². The molecule has 132 valence electrons. The van der Waals surface area contributed by atoms with Crippen molar-refractivity contribution in [1.29, 1.82) is 0 Å². The molecule has 3 atom stereocenters. The van der Waals surface area contributed by atoms with E-state index in [1.807, 2.05) is 11.8 Å². The average molecular weight is 348 g/mol. The molecule has 0 aliphatic carbocycles. The lowest BCUT2D eigenvalue weighted by atomic mass is 9.91. The Morgan fingerprint density at radius 2 is 1.88 bits per heavy atom. The molecule has 1 aromatic carbocycles. The van der Waals surface area contributed by atoms with Gasteiger partial charge in [-0.15, -0.1) is 0 Å². The highest BCUT2D eigenvalue weighted by Gasteiger charge is 2.30. The van der Waals surface area contributed by atoms with Gasteiger partial charge in [0.25, 0.3) is 0 Å². The summed E-state index contributed by atoms with van der Waals surface area (Å²) in [6.45, 7) is 6.16. The molecule has 2 fully saturated rings. The molecule has 2 heterocycles. The van der Waals surface area contributed by atoms with E-state index < -0.39 is 0 Å². The number of amides is 1. The molecule has 0 bridgehead atoms. The van der Waals surface area contributed by atoms with Crippen LogP contribution in [0.3, 0.4) is 0 Å². The summed E-state index contributed by atoms with van der Waals surface area (Å²) >= 11 is 1.99. The molecular weight excluding hydrogens is 318 g/mol. The number of rotatable bonds is 4. The first-order chi connectivity index (χ1) is 11.6. The second kappa shape index (κ2) is 8.37. The summed E-state index contributed by atoms with van der Waals surface area (Å²) in [5, 5.41) is 0.521. The fourth-order valence-corrected chi connectivity index (χ4v) is 5.04. The van der Waals surface area contributed by atoms with Crippen LogP contribution < -0.4 is 10.9 Å². The summed E-state index contributed by atoms with van der Waals surface area (Å²) in [5.41, 5.74) is 7.95. The van der Waals surface area contributed by atoms with Crippen LogP contribution in [-0.4, -0.2) is 41.7 Å². The first-order valence-corrected chi connectivity index (χ1v) is 10.2. The van der Waals surface area contributed by atoms with Gasteiger partial charge in [0.15, 0.2) is 0 Å². The van der Waals surface area contributed by atoms with Gasteiger partial charge in [-0.2, -0.15) is 11.8 Å². The smallest absolute Gasteiger partial charge is 0.222 e. The van der Waals surface area contributed by atoms with E-state index in [1.165, 1.54) is 5.56 Å². The molecule has 0 aromatic heterocycles. The minimum atomic E-state index is 0.329. The maximum Gasteiger partial charge on any atom is 0.222 e. The third kappa shape index (κ3) is 4.32. The van der Waals surface area contributed by atoms with Crippen molar-refractivity contribution in [3.05, 3.63) is 35.9 Å². The van der Waals surface area contributed by atoms with Crippen LogP contribution in [0, 0.1) is 5.92 Å². The van der Waals surface area contributed by atoms with Gasteiger partial charge in [-0.25, -0.2) is 0 Å². The maximum absolute atomic E-state index is 12.6. The van der Waals surface area contributed by atoms with Gasteiger partial charge < -0.3 is 4.90 Å². The first kappa shape index (κ1) is 17.8. The third-order valence-electron chi connectivity index (χ3n) is 5.38. The van der Waals surface area contributed by atoms with Crippen LogP contribution in [0.4, 0.5) is 0 Å². The van der Waals surface area contributed by atoms with Gasteiger partial charge in [0.2, 0.25) is 5.91 Å². The normalized spacial score (nSPS) is 31.0. The highest BCUT2D eigenvalue weighted by Crippen LogP contribution is 2.34. The Bertz CT molecular complexity index is 529. The van der Waals surface area contributed by atoms with Gasteiger partial charge in [0.1, 0.15) is 0 Å². The topological polar surface area (TPSA) is 44.4 Å². The highest BCUT2D eigenvalue weighted by atomic mass is 32.2. The maximum atomic E-state index is 12.6. The lowest BCUT2D eigenvalue weighted by molar-refractivity contribution is -0.131. The van der Waals surface area contributed by atoms with Crippen molar-refractivity contribution in [3.63, 3.8) is 0 Å². The monoisotopic (exact) mass is 347 g/mol.